The van der Waals surface area contributed by atoms with Crippen LogP contribution in [-0.2, 0) is 55.6 Å². The van der Waals surface area contributed by atoms with Gasteiger partial charge in [0.25, 0.3) is 11.8 Å². The first-order valence-electron chi connectivity index (χ1n) is 24.1. The number of aryl methyl sites for hydroxylation is 1. The number of benzene rings is 1. The van der Waals surface area contributed by atoms with Crippen LogP contribution >= 0.6 is 0 Å². The van der Waals surface area contributed by atoms with Crippen molar-refractivity contribution < 1.29 is 53.4 Å². The van der Waals surface area contributed by atoms with Gasteiger partial charge in [-0.05, 0) is 75.5 Å². The van der Waals surface area contributed by atoms with Crippen LogP contribution in [0.3, 0.4) is 0 Å². The summed E-state index contributed by atoms with van der Waals surface area (Å²) >= 11 is 0. The highest BCUT2D eigenvalue weighted by atomic mass is 16.4. The fraction of sp³-hybridized carbons (Fsp3) is 0.588. The molecular weight excluding hydrogens is 901 g/mol. The maximum atomic E-state index is 14.4. The Morgan fingerprint density at radius 1 is 0.771 bits per heavy atom. The lowest BCUT2D eigenvalue weighted by Crippen LogP contribution is -2.61. The number of likely N-dealkylation sites (N-methyl/N-ethyl adjacent to an activating group) is 2. The molecule has 2 aromatic rings. The van der Waals surface area contributed by atoms with Gasteiger partial charge in [0.2, 0.25) is 29.5 Å². The predicted molar refractivity (Wildman–Crippen MR) is 265 cm³/mol. The van der Waals surface area contributed by atoms with Gasteiger partial charge in [-0.1, -0.05) is 79.2 Å². The number of hydrogen-bond acceptors (Lipinski definition) is 10. The molecule has 386 valence electrons. The molecule has 19 nitrogen and oxygen atoms in total. The fourth-order valence-corrected chi connectivity index (χ4v) is 8.64. The molecule has 7 amide bonds. The van der Waals surface area contributed by atoms with E-state index in [2.05, 4.69) is 26.6 Å². The number of carboxylic acid groups (broad SMARTS) is 2. The molecule has 0 saturated carbocycles. The first kappa shape index (κ1) is 57.9. The quantitative estimate of drug-likeness (QED) is 0.0366. The van der Waals surface area contributed by atoms with Crippen molar-refractivity contribution in [3.8, 4) is 0 Å². The predicted octanol–water partition coefficient (Wildman–Crippen LogP) is 3.70. The summed E-state index contributed by atoms with van der Waals surface area (Å²) in [6.45, 7) is 15.3. The third-order valence-electron chi connectivity index (χ3n) is 12.8. The van der Waals surface area contributed by atoms with E-state index in [0.717, 1.165) is 21.4 Å². The molecular formula is C51H76N8O11. The minimum atomic E-state index is -1.50. The Bertz CT molecular complexity index is 2270. The number of aromatic nitrogens is 1. The van der Waals surface area contributed by atoms with Gasteiger partial charge in [0.15, 0.2) is 0 Å². The molecule has 0 fully saturated rings. The average molecular weight is 977 g/mol. The van der Waals surface area contributed by atoms with Crippen molar-refractivity contribution >= 4 is 64.2 Å². The van der Waals surface area contributed by atoms with Crippen molar-refractivity contribution in [3.05, 3.63) is 59.8 Å². The Morgan fingerprint density at radius 2 is 1.39 bits per heavy atom. The van der Waals surface area contributed by atoms with Crippen LogP contribution in [0.25, 0.3) is 10.9 Å². The minimum absolute atomic E-state index is 0.0558. The number of nitrogens with one attached hydrogen (secondary N) is 5. The number of carbonyl (C=O) groups excluding carboxylic acids is 7. The lowest BCUT2D eigenvalue weighted by atomic mass is 9.76. The van der Waals surface area contributed by atoms with Crippen LogP contribution in [0.2, 0.25) is 0 Å². The van der Waals surface area contributed by atoms with Crippen molar-refractivity contribution in [2.75, 3.05) is 27.2 Å². The summed E-state index contributed by atoms with van der Waals surface area (Å²) in [6.07, 6.45) is 8.20. The number of imide groups is 1. The van der Waals surface area contributed by atoms with E-state index in [1.54, 1.807) is 20.2 Å². The molecule has 3 rings (SSSR count). The maximum absolute atomic E-state index is 14.4. The summed E-state index contributed by atoms with van der Waals surface area (Å²) in [5.74, 6) is -6.00. The first-order valence-corrected chi connectivity index (χ1v) is 24.1. The van der Waals surface area contributed by atoms with Gasteiger partial charge >= 0.3 is 11.9 Å². The number of unbranched alkanes of at least 4 members (excludes halogenated alkanes) is 3. The van der Waals surface area contributed by atoms with Gasteiger partial charge in [-0.15, -0.1) is 0 Å². The largest absolute Gasteiger partial charge is 0.480 e. The summed E-state index contributed by atoms with van der Waals surface area (Å²) in [5.41, 5.74) is 0.651. The number of fused-ring (bicyclic) bond motifs is 1. The highest BCUT2D eigenvalue weighted by molar-refractivity contribution is 6.12. The first-order chi connectivity index (χ1) is 32.7. The van der Waals surface area contributed by atoms with Gasteiger partial charge in [0.1, 0.15) is 18.1 Å². The van der Waals surface area contributed by atoms with Gasteiger partial charge in [-0.25, -0.2) is 9.59 Å². The topological polar surface area (TPSA) is 266 Å². The van der Waals surface area contributed by atoms with Crippen molar-refractivity contribution in [3.63, 3.8) is 0 Å². The van der Waals surface area contributed by atoms with Crippen LogP contribution in [0.5, 0.6) is 0 Å². The van der Waals surface area contributed by atoms with Gasteiger partial charge in [-0.3, -0.25) is 38.5 Å². The van der Waals surface area contributed by atoms with E-state index in [0.29, 0.717) is 45.2 Å². The molecule has 5 atom stereocenters. The Morgan fingerprint density at radius 3 is 1.97 bits per heavy atom. The lowest BCUT2D eigenvalue weighted by molar-refractivity contribution is -0.143. The van der Waals surface area contributed by atoms with Crippen LogP contribution in [-0.4, -0.2) is 135 Å². The molecule has 0 radical (unpaired) electrons. The third-order valence-corrected chi connectivity index (χ3v) is 12.8. The molecule has 0 saturated heterocycles. The number of carbonyl (C=O) groups is 9. The Kier molecular flexibility index (Phi) is 21.5. The smallest absolute Gasteiger partial charge is 0.326 e. The molecule has 2 heterocycles. The zero-order valence-corrected chi connectivity index (χ0v) is 42.8. The van der Waals surface area contributed by atoms with Crippen molar-refractivity contribution in [1.82, 2.24) is 41.0 Å². The zero-order chi connectivity index (χ0) is 52.7. The second kappa shape index (κ2) is 26.0. The van der Waals surface area contributed by atoms with Crippen molar-refractivity contribution in [2.24, 2.45) is 18.4 Å². The third kappa shape index (κ3) is 16.1. The van der Waals surface area contributed by atoms with Gasteiger partial charge < -0.3 is 46.3 Å². The van der Waals surface area contributed by atoms with Crippen LogP contribution in [0.15, 0.2) is 54.3 Å². The van der Waals surface area contributed by atoms with Crippen LogP contribution in [0.4, 0.5) is 0 Å². The number of amides is 7. The van der Waals surface area contributed by atoms with E-state index in [1.807, 2.05) is 90.5 Å². The van der Waals surface area contributed by atoms with E-state index in [1.165, 1.54) is 24.0 Å². The molecule has 0 spiro atoms. The number of carboxylic acids is 2. The molecule has 19 heteroatoms. The number of rotatable bonds is 28. The van der Waals surface area contributed by atoms with Crippen molar-refractivity contribution in [1.29, 1.82) is 0 Å². The van der Waals surface area contributed by atoms with Crippen molar-refractivity contribution in [2.45, 2.75) is 149 Å². The summed E-state index contributed by atoms with van der Waals surface area (Å²) in [6, 6.07) is 2.81. The number of nitrogens with zero attached hydrogens (tertiary/aromatic N) is 3. The van der Waals surface area contributed by atoms with E-state index in [4.69, 9.17) is 0 Å². The molecule has 7 N–H and O–H groups in total. The lowest BCUT2D eigenvalue weighted by Gasteiger charge is -2.39. The highest BCUT2D eigenvalue weighted by Gasteiger charge is 2.42. The number of hydrogen-bond donors (Lipinski definition) is 7. The zero-order valence-electron chi connectivity index (χ0n) is 42.8. The molecule has 0 bridgehead atoms. The maximum Gasteiger partial charge on any atom is 0.326 e. The highest BCUT2D eigenvalue weighted by Crippen LogP contribution is 2.35. The van der Waals surface area contributed by atoms with Gasteiger partial charge in [-0.2, -0.15) is 0 Å². The average Bonchev–Trinajstić information content (AvgIpc) is 3.80. The summed E-state index contributed by atoms with van der Waals surface area (Å²) in [5, 5.41) is 34.6. The second-order valence-corrected chi connectivity index (χ2v) is 20.1. The van der Waals surface area contributed by atoms with Crippen LogP contribution in [0, 0.1) is 11.3 Å². The monoisotopic (exact) mass is 977 g/mol. The Balaban J connectivity index is 1.55. The standard InChI is InChI=1S/C51H76N8O11/c1-31(2)38(58(11)47(66)44(50(4,5)6)56-46(65)43(52-9)51(7,8)34-30-57(10)37-21-15-14-19-33(34)37)29-32(3)45(64)55-36(49(69)70)23-24-40(61)54-35(48(67)68)20-16-17-27-53-39(60)22-13-12-18-28-59-41(62)25-26-42(59)63/h14-15,19,21,25-26,29-31,35-36,38,43-44,52H,12-13,16-18,20,22-24,27-28H2,1-11H3,(H,53,60)(H,54,61)(H,55,64)(H,56,65)(H,67,68)(H,69,70)/b32-29+/t35-,36+,38+,43+,44?/m0/s1. The minimum Gasteiger partial charge on any atom is -0.480 e. The summed E-state index contributed by atoms with van der Waals surface area (Å²) < 4.78 is 2.02. The van der Waals surface area contributed by atoms with Crippen LogP contribution in [0.1, 0.15) is 119 Å². The summed E-state index contributed by atoms with van der Waals surface area (Å²) in [7, 11) is 5.25. The SMILES string of the molecule is CN[C@H](C(=O)NC(C(=O)N(C)[C@H](/C=C(\C)C(=O)N[C@H](CCC(=O)N[C@@H](CCCCNC(=O)CCCCCN1C(=O)C=CC1=O)C(=O)O)C(=O)O)C(C)C)C(C)(C)C)C(C)(C)c1cn(C)c2ccccc12. The van der Waals surface area contributed by atoms with E-state index < -0.39 is 77.1 Å². The molecule has 1 aromatic carbocycles. The second-order valence-electron chi connectivity index (χ2n) is 20.1. The summed E-state index contributed by atoms with van der Waals surface area (Å²) in [4.78, 5) is 117. The Hall–Kier alpha value is -6.37. The number of aliphatic carboxylic acids is 2. The molecule has 0 aliphatic carbocycles. The number of para-hydroxylation sites is 1. The molecule has 70 heavy (non-hydrogen) atoms. The molecule has 1 aromatic heterocycles. The normalized spacial score (nSPS) is 15.3. The van der Waals surface area contributed by atoms with Gasteiger partial charge in [0, 0.05) is 80.3 Å². The van der Waals surface area contributed by atoms with E-state index >= 15 is 0 Å². The molecule has 1 unspecified atom stereocenters. The van der Waals surface area contributed by atoms with Gasteiger partial charge in [0.05, 0.1) is 12.1 Å². The molecule has 1 aliphatic rings. The molecule has 1 aliphatic heterocycles. The van der Waals surface area contributed by atoms with E-state index in [9.17, 15) is 53.4 Å². The van der Waals surface area contributed by atoms with Crippen LogP contribution < -0.4 is 26.6 Å². The van der Waals surface area contributed by atoms with E-state index in [-0.39, 0.29) is 54.4 Å². The Labute approximate surface area is 411 Å². The fourth-order valence-electron chi connectivity index (χ4n) is 8.64.